The topological polar surface area (TPSA) is 93.5 Å². The van der Waals surface area contributed by atoms with Crippen molar-refractivity contribution in [1.82, 2.24) is 9.55 Å². The number of anilines is 1. The lowest BCUT2D eigenvalue weighted by Crippen LogP contribution is -2.28. The zero-order chi connectivity index (χ0) is 20.1. The molecular formula is C20H25N3O4S. The molecule has 1 amide bonds. The quantitative estimate of drug-likeness (QED) is 0.518. The fourth-order valence-corrected chi connectivity index (χ4v) is 4.28. The van der Waals surface area contributed by atoms with E-state index in [4.69, 9.17) is 9.84 Å². The van der Waals surface area contributed by atoms with Gasteiger partial charge in [0.2, 0.25) is 5.91 Å². The summed E-state index contributed by atoms with van der Waals surface area (Å²) in [6.45, 7) is 2.46. The zero-order valence-corrected chi connectivity index (χ0v) is 17.0. The monoisotopic (exact) mass is 403 g/mol. The van der Waals surface area contributed by atoms with Gasteiger partial charge in [0.05, 0.1) is 18.6 Å². The Labute approximate surface area is 168 Å². The van der Waals surface area contributed by atoms with Gasteiger partial charge in [-0.1, -0.05) is 17.8 Å². The van der Waals surface area contributed by atoms with Crippen LogP contribution in [0.2, 0.25) is 0 Å². The van der Waals surface area contributed by atoms with Crippen molar-refractivity contribution >= 4 is 23.4 Å². The molecule has 2 N–H and O–H groups in total. The van der Waals surface area contributed by atoms with E-state index in [9.17, 15) is 9.59 Å². The van der Waals surface area contributed by atoms with E-state index in [-0.39, 0.29) is 24.0 Å². The molecule has 7 nitrogen and oxygen atoms in total. The van der Waals surface area contributed by atoms with Crippen molar-refractivity contribution in [3.63, 3.8) is 0 Å². The smallest absolute Gasteiger partial charge is 0.348 e. The minimum absolute atomic E-state index is 0.0420. The number of fused-ring (bicyclic) bond motifs is 1. The van der Waals surface area contributed by atoms with Gasteiger partial charge in [0.1, 0.15) is 10.8 Å². The van der Waals surface area contributed by atoms with E-state index in [1.165, 1.54) is 11.8 Å². The Morgan fingerprint density at radius 2 is 2.21 bits per heavy atom. The van der Waals surface area contributed by atoms with Crippen molar-refractivity contribution < 1.29 is 14.6 Å². The summed E-state index contributed by atoms with van der Waals surface area (Å²) in [5, 5.41) is 12.6. The highest BCUT2D eigenvalue weighted by atomic mass is 32.2. The number of aliphatic hydroxyl groups is 1. The van der Waals surface area contributed by atoms with Crippen LogP contribution in [0.4, 0.5) is 5.69 Å². The molecule has 0 bridgehead atoms. The van der Waals surface area contributed by atoms with Gasteiger partial charge in [0.25, 0.3) is 0 Å². The molecule has 0 radical (unpaired) electrons. The maximum Gasteiger partial charge on any atom is 0.348 e. The molecule has 3 rings (SSSR count). The predicted molar refractivity (Wildman–Crippen MR) is 109 cm³/mol. The summed E-state index contributed by atoms with van der Waals surface area (Å²) in [6.07, 6.45) is 3.19. The third-order valence-corrected chi connectivity index (χ3v) is 5.73. The van der Waals surface area contributed by atoms with E-state index in [1.54, 1.807) is 11.7 Å². The van der Waals surface area contributed by atoms with Crippen molar-refractivity contribution in [3.05, 3.63) is 45.5 Å². The van der Waals surface area contributed by atoms with E-state index < -0.39 is 0 Å². The van der Waals surface area contributed by atoms with Crippen LogP contribution in [0, 0.1) is 6.92 Å². The number of nitrogens with zero attached hydrogens (tertiary/aromatic N) is 2. The summed E-state index contributed by atoms with van der Waals surface area (Å²) in [5.41, 5.74) is 3.40. The van der Waals surface area contributed by atoms with Crippen LogP contribution in [-0.2, 0) is 24.2 Å². The molecule has 1 aliphatic carbocycles. The Bertz CT molecular complexity index is 926. The van der Waals surface area contributed by atoms with Crippen molar-refractivity contribution in [2.24, 2.45) is 0 Å². The number of amides is 1. The van der Waals surface area contributed by atoms with Gasteiger partial charge in [-0.15, -0.1) is 0 Å². The molecule has 0 saturated heterocycles. The minimum Gasteiger partial charge on any atom is -0.495 e. The van der Waals surface area contributed by atoms with E-state index in [0.29, 0.717) is 29.4 Å². The van der Waals surface area contributed by atoms with Gasteiger partial charge < -0.3 is 15.2 Å². The molecule has 1 aromatic heterocycles. The standard InChI is InChI=1S/C20H25N3O4S/c1-13-7-8-17(27-2)15(11-13)21-18(25)12-28-19-14-5-3-6-16(14)23(9-4-10-24)20(26)22-19/h7-8,11,24H,3-6,9-10,12H2,1-2H3,(H,21,25). The fourth-order valence-electron chi connectivity index (χ4n) is 3.40. The molecular weight excluding hydrogens is 378 g/mol. The second kappa shape index (κ2) is 9.25. The third-order valence-electron chi connectivity index (χ3n) is 4.71. The Morgan fingerprint density at radius 3 is 2.96 bits per heavy atom. The number of aromatic nitrogens is 2. The first-order valence-electron chi connectivity index (χ1n) is 9.34. The highest BCUT2D eigenvalue weighted by molar-refractivity contribution is 8.00. The van der Waals surface area contributed by atoms with Crippen LogP contribution in [0.5, 0.6) is 5.75 Å². The largest absolute Gasteiger partial charge is 0.495 e. The Morgan fingerprint density at radius 1 is 1.39 bits per heavy atom. The number of thioether (sulfide) groups is 1. The number of methoxy groups -OCH3 is 1. The zero-order valence-electron chi connectivity index (χ0n) is 16.2. The molecule has 0 atom stereocenters. The number of ether oxygens (including phenoxy) is 1. The summed E-state index contributed by atoms with van der Waals surface area (Å²) in [5.74, 6) is 0.595. The molecule has 0 unspecified atom stereocenters. The summed E-state index contributed by atoms with van der Waals surface area (Å²) in [6, 6.07) is 5.60. The van der Waals surface area contributed by atoms with Gasteiger partial charge in [-0.2, -0.15) is 4.98 Å². The van der Waals surface area contributed by atoms with Crippen LogP contribution in [0.15, 0.2) is 28.0 Å². The van der Waals surface area contributed by atoms with Crippen molar-refractivity contribution in [1.29, 1.82) is 0 Å². The normalized spacial score (nSPS) is 12.7. The Kier molecular flexibility index (Phi) is 6.74. The number of carbonyl (C=O) groups excluding carboxylic acids is 1. The van der Waals surface area contributed by atoms with Crippen molar-refractivity contribution in [2.45, 2.75) is 44.2 Å². The number of rotatable bonds is 8. The van der Waals surface area contributed by atoms with E-state index in [2.05, 4.69) is 10.3 Å². The summed E-state index contributed by atoms with van der Waals surface area (Å²) >= 11 is 1.29. The maximum absolute atomic E-state index is 12.4. The summed E-state index contributed by atoms with van der Waals surface area (Å²) in [7, 11) is 1.56. The van der Waals surface area contributed by atoms with Gasteiger partial charge in [-0.05, 0) is 50.3 Å². The average Bonchev–Trinajstić information content (AvgIpc) is 3.15. The van der Waals surface area contributed by atoms with Crippen molar-refractivity contribution in [3.8, 4) is 5.75 Å². The molecule has 0 spiro atoms. The van der Waals surface area contributed by atoms with Gasteiger partial charge in [0.15, 0.2) is 0 Å². The number of nitrogens with one attached hydrogen (secondary N) is 1. The highest BCUT2D eigenvalue weighted by Crippen LogP contribution is 2.30. The number of benzene rings is 1. The number of hydrogen-bond donors (Lipinski definition) is 2. The lowest BCUT2D eigenvalue weighted by molar-refractivity contribution is -0.113. The molecule has 2 aromatic rings. The summed E-state index contributed by atoms with van der Waals surface area (Å²) in [4.78, 5) is 29.0. The van der Waals surface area contributed by atoms with Crippen LogP contribution >= 0.6 is 11.8 Å². The molecule has 1 heterocycles. The second-order valence-electron chi connectivity index (χ2n) is 6.75. The van der Waals surface area contributed by atoms with Gasteiger partial charge in [0, 0.05) is 24.4 Å². The third kappa shape index (κ3) is 4.56. The molecule has 0 saturated carbocycles. The van der Waals surface area contributed by atoms with E-state index in [1.807, 2.05) is 25.1 Å². The molecule has 8 heteroatoms. The lowest BCUT2D eigenvalue weighted by atomic mass is 10.2. The molecule has 0 fully saturated rings. The Hall–Kier alpha value is -2.32. The van der Waals surface area contributed by atoms with Gasteiger partial charge in [-0.25, -0.2) is 4.79 Å². The van der Waals surface area contributed by atoms with Gasteiger partial charge in [-0.3, -0.25) is 9.36 Å². The number of hydrogen-bond acceptors (Lipinski definition) is 6. The molecule has 0 aliphatic heterocycles. The molecule has 1 aliphatic rings. The highest BCUT2D eigenvalue weighted by Gasteiger charge is 2.22. The first-order valence-corrected chi connectivity index (χ1v) is 10.3. The molecule has 28 heavy (non-hydrogen) atoms. The molecule has 1 aromatic carbocycles. The minimum atomic E-state index is -0.308. The first-order chi connectivity index (χ1) is 13.5. The lowest BCUT2D eigenvalue weighted by Gasteiger charge is -2.14. The molecule has 150 valence electrons. The number of aryl methyl sites for hydroxylation is 1. The second-order valence-corrected chi connectivity index (χ2v) is 7.71. The average molecular weight is 404 g/mol. The van der Waals surface area contributed by atoms with Crippen LogP contribution in [-0.4, -0.2) is 40.0 Å². The first kappa shape index (κ1) is 20.4. The predicted octanol–water partition coefficient (Wildman–Crippen LogP) is 2.16. The van der Waals surface area contributed by atoms with E-state index in [0.717, 1.165) is 36.1 Å². The fraction of sp³-hybridized carbons (Fsp3) is 0.450. The van der Waals surface area contributed by atoms with Crippen LogP contribution in [0.25, 0.3) is 0 Å². The van der Waals surface area contributed by atoms with Crippen molar-refractivity contribution in [2.75, 3.05) is 24.8 Å². The Balaban J connectivity index is 1.72. The number of carbonyl (C=O) groups is 1. The number of aliphatic hydroxyl groups excluding tert-OH is 1. The van der Waals surface area contributed by atoms with Crippen LogP contribution in [0.1, 0.15) is 29.7 Å². The van der Waals surface area contributed by atoms with E-state index >= 15 is 0 Å². The SMILES string of the molecule is COc1ccc(C)cc1NC(=O)CSc1nc(=O)n(CCCO)c2c1CCC2. The van der Waals surface area contributed by atoms with Crippen LogP contribution in [0.3, 0.4) is 0 Å². The maximum atomic E-state index is 12.4. The van der Waals surface area contributed by atoms with Gasteiger partial charge >= 0.3 is 5.69 Å². The van der Waals surface area contributed by atoms with Crippen LogP contribution < -0.4 is 15.7 Å². The summed E-state index contributed by atoms with van der Waals surface area (Å²) < 4.78 is 6.96.